The van der Waals surface area contributed by atoms with Crippen LogP contribution in [-0.2, 0) is 43.9 Å². The van der Waals surface area contributed by atoms with Crippen molar-refractivity contribution in [2.75, 3.05) is 96.5 Å². The van der Waals surface area contributed by atoms with Crippen molar-refractivity contribution < 1.29 is 33.0 Å². The molecule has 0 aliphatic carbocycles. The number of piperazine rings is 1. The molecule has 6 heterocycles. The number of amidine groups is 1. The molecule has 2 bridgehead atoms. The van der Waals surface area contributed by atoms with Crippen LogP contribution >= 0.6 is 23.2 Å². The number of benzene rings is 4. The quantitative estimate of drug-likeness (QED) is 0.0815. The van der Waals surface area contributed by atoms with E-state index in [0.29, 0.717) is 128 Å². The van der Waals surface area contributed by atoms with Gasteiger partial charge in [-0.2, -0.15) is 10.4 Å². The molecule has 4 aliphatic rings. The summed E-state index contributed by atoms with van der Waals surface area (Å²) in [6.45, 7) is 18.0. The minimum Gasteiger partial charge on any atom is -0.493 e. The Morgan fingerprint density at radius 2 is 1.57 bits per heavy atom. The fourth-order valence-corrected chi connectivity index (χ4v) is 12.4. The number of rotatable bonds is 17. The zero-order chi connectivity index (χ0) is 61.1. The predicted molar refractivity (Wildman–Crippen MR) is 329 cm³/mol. The van der Waals surface area contributed by atoms with Gasteiger partial charge in [-0.15, -0.1) is 0 Å². The molecule has 22 heteroatoms. The molecule has 0 spiro atoms. The standard InChI is InChI=1S/C64H74Cl2FN13O6/c1-8-86-54-36-43(62(2,3)4)15-21-48(54)58-73-63(5,41-11-16-44(65)17-12-41)64(6,42-13-18-45(66)19-14-42)80(58)61(83)77-29-27-76(28-30-77)31-33-85-35-34-84-32-23-55(81)70-24-26-79-53(38-68)56-50-39-71-57(69)59(72-50)78-25-9-10-52(78)49-37-46(67)20-22-47(49)60(82)75(7)40-51(56)74-79/h11-22,36-37,39,52H,8-10,23-35,40H2,1-7H3,(H2,69,71)(H,70,81)/t52-,63+,64-/m1/s1. The normalized spacial score (nSPS) is 19.7. The number of nitrogen functional groups attached to an aromatic ring is 1. The van der Waals surface area contributed by atoms with E-state index in [0.717, 1.165) is 28.7 Å². The van der Waals surface area contributed by atoms with Gasteiger partial charge in [0.2, 0.25) is 5.91 Å². The lowest BCUT2D eigenvalue weighted by Gasteiger charge is -2.47. The first-order chi connectivity index (χ1) is 41.2. The highest BCUT2D eigenvalue weighted by Crippen LogP contribution is 2.54. The van der Waals surface area contributed by atoms with Crippen molar-refractivity contribution in [2.24, 2.45) is 4.99 Å². The van der Waals surface area contributed by atoms with E-state index in [1.165, 1.54) is 34.0 Å². The number of aliphatic imine (C=N–C) groups is 1. The molecular weight excluding hydrogens is 1140 g/mol. The minimum absolute atomic E-state index is 0.0105. The van der Waals surface area contributed by atoms with Gasteiger partial charge in [0.15, 0.2) is 11.6 Å². The number of nitrogens with two attached hydrogens (primary N) is 1. The van der Waals surface area contributed by atoms with Gasteiger partial charge < -0.3 is 40.0 Å². The van der Waals surface area contributed by atoms with Crippen LogP contribution in [0.25, 0.3) is 11.3 Å². The van der Waals surface area contributed by atoms with E-state index in [9.17, 15) is 19.2 Å². The number of carbonyl (C=O) groups excluding carboxylic acids is 3. The van der Waals surface area contributed by atoms with Crippen molar-refractivity contribution >= 4 is 58.5 Å². The molecule has 3 N–H and O–H groups in total. The SMILES string of the molecule is CCOc1cc(C(C)(C)C)ccc1C1=N[C@@](C)(c2ccc(Cl)cc2)[C@@](C)(c2ccc(Cl)cc2)N1C(=O)N1CCN(CCOCCOCCC(=O)NCCn2nc3c(c2C#N)-c2cnc(N)c(n2)N2CCC[C@@H]2c2cc(F)ccc2C(=O)N(C)C3)CC1. The number of carbonyl (C=O) groups is 3. The first kappa shape index (κ1) is 61.4. The van der Waals surface area contributed by atoms with E-state index in [2.05, 4.69) is 68.0 Å². The summed E-state index contributed by atoms with van der Waals surface area (Å²) in [6, 6.07) is 27.4. The van der Waals surface area contributed by atoms with Gasteiger partial charge in [-0.05, 0) is 116 Å². The molecular formula is C64H74Cl2FN13O6. The minimum atomic E-state index is -1.05. The number of amides is 4. The molecule has 3 atom stereocenters. The number of nitrogens with zero attached hydrogens (tertiary/aromatic N) is 11. The van der Waals surface area contributed by atoms with E-state index in [1.54, 1.807) is 7.05 Å². The Kier molecular flexibility index (Phi) is 18.4. The Hall–Kier alpha value is -7.67. The number of nitrogens with one attached hydrogen (secondary N) is 1. The Balaban J connectivity index is 0.721. The molecule has 4 amide bonds. The molecule has 2 fully saturated rings. The summed E-state index contributed by atoms with van der Waals surface area (Å²) in [6.07, 6.45) is 3.00. The second-order valence-corrected chi connectivity index (χ2v) is 24.3. The highest BCUT2D eigenvalue weighted by Gasteiger charge is 2.60. The number of hydrogen-bond acceptors (Lipinski definition) is 14. The maximum Gasteiger partial charge on any atom is 0.326 e. The van der Waals surface area contributed by atoms with Crippen molar-refractivity contribution in [3.8, 4) is 23.1 Å². The monoisotopic (exact) mass is 1210 g/mol. The maximum absolute atomic E-state index is 15.5. The lowest BCUT2D eigenvalue weighted by molar-refractivity contribution is -0.122. The molecule has 4 aliphatic heterocycles. The fraction of sp³-hybridized carbons (Fsp3) is 0.438. The largest absolute Gasteiger partial charge is 0.493 e. The highest BCUT2D eigenvalue weighted by molar-refractivity contribution is 6.30. The van der Waals surface area contributed by atoms with E-state index in [4.69, 9.17) is 58.2 Å². The molecule has 10 rings (SSSR count). The Morgan fingerprint density at radius 3 is 2.26 bits per heavy atom. The van der Waals surface area contributed by atoms with Gasteiger partial charge in [0.25, 0.3) is 5.91 Å². The molecule has 2 aromatic heterocycles. The van der Waals surface area contributed by atoms with Crippen LogP contribution in [0.4, 0.5) is 20.8 Å². The van der Waals surface area contributed by atoms with Crippen molar-refractivity contribution in [3.63, 3.8) is 0 Å². The van der Waals surface area contributed by atoms with Gasteiger partial charge in [-0.1, -0.05) is 74.3 Å². The van der Waals surface area contributed by atoms with E-state index < -0.39 is 16.9 Å². The van der Waals surface area contributed by atoms with Gasteiger partial charge in [-0.25, -0.2) is 19.2 Å². The van der Waals surface area contributed by atoms with Crippen LogP contribution < -0.4 is 20.7 Å². The van der Waals surface area contributed by atoms with Crippen LogP contribution in [0, 0.1) is 17.1 Å². The van der Waals surface area contributed by atoms with Crippen LogP contribution in [0.15, 0.2) is 96.1 Å². The van der Waals surface area contributed by atoms with Crippen molar-refractivity contribution in [1.29, 1.82) is 5.26 Å². The lowest BCUT2D eigenvalue weighted by atomic mass is 9.71. The summed E-state index contributed by atoms with van der Waals surface area (Å²) in [5.41, 5.74) is 10.0. The summed E-state index contributed by atoms with van der Waals surface area (Å²) in [5, 5.41) is 19.4. The molecule has 0 saturated carbocycles. The highest BCUT2D eigenvalue weighted by atomic mass is 35.5. The number of halogens is 3. The number of hydrogen-bond donors (Lipinski definition) is 2. The summed E-state index contributed by atoms with van der Waals surface area (Å²) in [5.74, 6) is 0.688. The molecule has 2 saturated heterocycles. The molecule has 6 aromatic rings. The van der Waals surface area contributed by atoms with Crippen molar-refractivity contribution in [1.82, 2.24) is 44.7 Å². The van der Waals surface area contributed by atoms with E-state index in [1.807, 2.05) is 76.2 Å². The topological polar surface area (TPSA) is 213 Å². The van der Waals surface area contributed by atoms with Crippen molar-refractivity contribution in [3.05, 3.63) is 152 Å². The third-order valence-corrected chi connectivity index (χ3v) is 17.5. The number of aromatic nitrogens is 4. The van der Waals surface area contributed by atoms with E-state index >= 15 is 4.79 Å². The number of fused-ring (bicyclic) bond motifs is 8. The molecule has 19 nitrogen and oxygen atoms in total. The number of nitriles is 1. The zero-order valence-electron chi connectivity index (χ0n) is 49.8. The molecule has 452 valence electrons. The fourth-order valence-electron chi connectivity index (χ4n) is 12.1. The number of urea groups is 1. The molecule has 4 aromatic carbocycles. The van der Waals surface area contributed by atoms with Gasteiger partial charge in [0, 0.05) is 74.9 Å². The molecule has 0 unspecified atom stereocenters. The summed E-state index contributed by atoms with van der Waals surface area (Å²) >= 11 is 13.0. The van der Waals surface area contributed by atoms with Gasteiger partial charge in [0.1, 0.15) is 40.2 Å². The van der Waals surface area contributed by atoms with Crippen LogP contribution in [-0.4, -0.2) is 149 Å². The summed E-state index contributed by atoms with van der Waals surface area (Å²) < 4.78 is 34.4. The lowest BCUT2D eigenvalue weighted by Crippen LogP contribution is -2.60. The Labute approximate surface area is 511 Å². The van der Waals surface area contributed by atoms with Crippen LogP contribution in [0.3, 0.4) is 0 Å². The second-order valence-electron chi connectivity index (χ2n) is 23.5. The smallest absolute Gasteiger partial charge is 0.326 e. The first-order valence-corrected chi connectivity index (χ1v) is 30.1. The van der Waals surface area contributed by atoms with E-state index in [-0.39, 0.29) is 73.5 Å². The van der Waals surface area contributed by atoms with Gasteiger partial charge >= 0.3 is 6.03 Å². The first-order valence-electron chi connectivity index (χ1n) is 29.3. The Bertz CT molecular complexity index is 3560. The summed E-state index contributed by atoms with van der Waals surface area (Å²) in [4.78, 5) is 67.1. The maximum atomic E-state index is 15.5. The molecule has 86 heavy (non-hydrogen) atoms. The zero-order valence-corrected chi connectivity index (χ0v) is 51.4. The molecule has 0 radical (unpaired) electrons. The third kappa shape index (κ3) is 12.3. The van der Waals surface area contributed by atoms with Crippen LogP contribution in [0.1, 0.15) is 116 Å². The number of ether oxygens (including phenoxy) is 3. The van der Waals surface area contributed by atoms with Gasteiger partial charge in [-0.3, -0.25) is 29.1 Å². The van der Waals surface area contributed by atoms with Crippen LogP contribution in [0.2, 0.25) is 10.0 Å². The summed E-state index contributed by atoms with van der Waals surface area (Å²) in [7, 11) is 1.64. The van der Waals surface area contributed by atoms with Crippen molar-refractivity contribution in [2.45, 2.75) is 96.4 Å². The van der Waals surface area contributed by atoms with Crippen LogP contribution in [0.5, 0.6) is 5.75 Å². The second kappa shape index (κ2) is 25.7. The third-order valence-electron chi connectivity index (χ3n) is 17.0. The predicted octanol–water partition coefficient (Wildman–Crippen LogP) is 9.73. The number of anilines is 2. The Morgan fingerprint density at radius 1 is 0.884 bits per heavy atom. The van der Waals surface area contributed by atoms with Gasteiger partial charge in [0.05, 0.1) is 80.9 Å². The average Bonchev–Trinajstić information content (AvgIpc) is 1.60. The average molecular weight is 1210 g/mol.